The van der Waals surface area contributed by atoms with Gasteiger partial charge >= 0.3 is 0 Å². The van der Waals surface area contributed by atoms with E-state index in [1.807, 2.05) is 19.1 Å². The maximum absolute atomic E-state index is 5.59. The summed E-state index contributed by atoms with van der Waals surface area (Å²) < 4.78 is 0. The van der Waals surface area contributed by atoms with Crippen LogP contribution in [0.2, 0.25) is 0 Å². The van der Waals surface area contributed by atoms with Gasteiger partial charge in [0.15, 0.2) is 0 Å². The molecule has 2 rings (SSSR count). The molecule has 3 heteroatoms. The summed E-state index contributed by atoms with van der Waals surface area (Å²) in [6, 6.07) is 3.88. The highest BCUT2D eigenvalue weighted by Gasteiger charge is 2.03. The molecule has 13 heavy (non-hydrogen) atoms. The van der Waals surface area contributed by atoms with Gasteiger partial charge in [0.05, 0.1) is 11.2 Å². The van der Waals surface area contributed by atoms with E-state index in [2.05, 4.69) is 9.97 Å². The van der Waals surface area contributed by atoms with Gasteiger partial charge in [0, 0.05) is 24.3 Å². The SMILES string of the molecule is Cc1ccnc2ccnc(CN)c12. The molecule has 0 aromatic carbocycles. The Kier molecular flexibility index (Phi) is 1.94. The molecule has 0 amide bonds. The van der Waals surface area contributed by atoms with E-state index in [4.69, 9.17) is 5.73 Å². The predicted molar refractivity (Wildman–Crippen MR) is 52.2 cm³/mol. The van der Waals surface area contributed by atoms with Gasteiger partial charge in [0.1, 0.15) is 0 Å². The van der Waals surface area contributed by atoms with E-state index in [-0.39, 0.29) is 0 Å². The Morgan fingerprint density at radius 3 is 2.77 bits per heavy atom. The smallest absolute Gasteiger partial charge is 0.0738 e. The van der Waals surface area contributed by atoms with Gasteiger partial charge in [-0.05, 0) is 24.6 Å². The average Bonchev–Trinajstić information content (AvgIpc) is 2.17. The quantitative estimate of drug-likeness (QED) is 0.709. The first kappa shape index (κ1) is 8.13. The van der Waals surface area contributed by atoms with Crippen LogP contribution < -0.4 is 5.73 Å². The Morgan fingerprint density at radius 2 is 2.00 bits per heavy atom. The molecular weight excluding hydrogens is 162 g/mol. The second kappa shape index (κ2) is 3.11. The molecule has 0 aliphatic carbocycles. The third-order valence-corrected chi connectivity index (χ3v) is 2.13. The maximum atomic E-state index is 5.59. The minimum atomic E-state index is 0.462. The van der Waals surface area contributed by atoms with E-state index >= 15 is 0 Å². The van der Waals surface area contributed by atoms with Gasteiger partial charge in [-0.3, -0.25) is 9.97 Å². The minimum absolute atomic E-state index is 0.462. The summed E-state index contributed by atoms with van der Waals surface area (Å²) in [6.07, 6.45) is 3.55. The van der Waals surface area contributed by atoms with Gasteiger partial charge in [0.25, 0.3) is 0 Å². The van der Waals surface area contributed by atoms with Crippen LogP contribution >= 0.6 is 0 Å². The fourth-order valence-electron chi connectivity index (χ4n) is 1.50. The van der Waals surface area contributed by atoms with Crippen molar-refractivity contribution in [1.29, 1.82) is 0 Å². The molecule has 2 aromatic rings. The van der Waals surface area contributed by atoms with Crippen LogP contribution in [0.4, 0.5) is 0 Å². The Balaban J connectivity index is 2.87. The zero-order valence-electron chi connectivity index (χ0n) is 7.49. The van der Waals surface area contributed by atoms with Crippen molar-refractivity contribution in [2.75, 3.05) is 0 Å². The van der Waals surface area contributed by atoms with E-state index in [1.54, 1.807) is 12.4 Å². The van der Waals surface area contributed by atoms with Crippen molar-refractivity contribution in [1.82, 2.24) is 9.97 Å². The molecule has 0 aliphatic rings. The van der Waals surface area contributed by atoms with Gasteiger partial charge in [-0.1, -0.05) is 0 Å². The van der Waals surface area contributed by atoms with Gasteiger partial charge in [-0.2, -0.15) is 0 Å². The van der Waals surface area contributed by atoms with Gasteiger partial charge in [-0.25, -0.2) is 0 Å². The van der Waals surface area contributed by atoms with E-state index in [0.29, 0.717) is 6.54 Å². The second-order valence-electron chi connectivity index (χ2n) is 2.98. The predicted octanol–water partition coefficient (Wildman–Crippen LogP) is 1.40. The zero-order valence-corrected chi connectivity index (χ0v) is 7.49. The highest BCUT2D eigenvalue weighted by Crippen LogP contribution is 2.17. The molecule has 2 aromatic heterocycles. The molecule has 0 atom stereocenters. The number of aromatic nitrogens is 2. The van der Waals surface area contributed by atoms with Crippen molar-refractivity contribution in [2.24, 2.45) is 5.73 Å². The molecule has 0 fully saturated rings. The molecule has 0 radical (unpaired) electrons. The van der Waals surface area contributed by atoms with Crippen molar-refractivity contribution in [2.45, 2.75) is 13.5 Å². The number of fused-ring (bicyclic) bond motifs is 1. The van der Waals surface area contributed by atoms with E-state index < -0.39 is 0 Å². The molecule has 0 spiro atoms. The summed E-state index contributed by atoms with van der Waals surface area (Å²) in [5.74, 6) is 0. The first-order valence-electron chi connectivity index (χ1n) is 4.22. The van der Waals surface area contributed by atoms with Crippen LogP contribution in [-0.2, 0) is 6.54 Å². The molecule has 2 heterocycles. The van der Waals surface area contributed by atoms with Crippen molar-refractivity contribution in [3.05, 3.63) is 35.8 Å². The lowest BCUT2D eigenvalue weighted by Crippen LogP contribution is -2.01. The third-order valence-electron chi connectivity index (χ3n) is 2.13. The monoisotopic (exact) mass is 173 g/mol. The fourth-order valence-corrected chi connectivity index (χ4v) is 1.50. The summed E-state index contributed by atoms with van der Waals surface area (Å²) in [6.45, 7) is 2.51. The molecule has 0 saturated heterocycles. The van der Waals surface area contributed by atoms with Crippen LogP contribution in [0.5, 0.6) is 0 Å². The molecule has 0 aliphatic heterocycles. The summed E-state index contributed by atoms with van der Waals surface area (Å²) in [7, 11) is 0. The first-order chi connectivity index (χ1) is 6.33. The Labute approximate surface area is 76.6 Å². The summed E-state index contributed by atoms with van der Waals surface area (Å²) in [4.78, 5) is 8.48. The molecule has 2 N–H and O–H groups in total. The number of pyridine rings is 2. The molecule has 3 nitrogen and oxygen atoms in total. The number of rotatable bonds is 1. The highest BCUT2D eigenvalue weighted by molar-refractivity contribution is 5.83. The molecular formula is C10H11N3. The van der Waals surface area contributed by atoms with Gasteiger partial charge in [0.2, 0.25) is 0 Å². The van der Waals surface area contributed by atoms with Crippen LogP contribution in [0.15, 0.2) is 24.5 Å². The third kappa shape index (κ3) is 1.27. The highest BCUT2D eigenvalue weighted by atomic mass is 14.7. The number of hydrogen-bond donors (Lipinski definition) is 1. The molecule has 0 unspecified atom stereocenters. The average molecular weight is 173 g/mol. The lowest BCUT2D eigenvalue weighted by atomic mass is 10.1. The summed E-state index contributed by atoms with van der Waals surface area (Å²) in [5.41, 5.74) is 8.66. The van der Waals surface area contributed by atoms with E-state index in [1.165, 1.54) is 5.56 Å². The van der Waals surface area contributed by atoms with Crippen LogP contribution in [0, 0.1) is 6.92 Å². The van der Waals surface area contributed by atoms with Crippen molar-refractivity contribution < 1.29 is 0 Å². The minimum Gasteiger partial charge on any atom is -0.325 e. The fraction of sp³-hybridized carbons (Fsp3) is 0.200. The lowest BCUT2D eigenvalue weighted by molar-refractivity contribution is 1.00. The Hall–Kier alpha value is -1.48. The number of aryl methyl sites for hydroxylation is 1. The standard InChI is InChI=1S/C10H11N3/c1-7-2-4-12-8-3-5-13-9(6-11)10(7)8/h2-5H,6,11H2,1H3. The van der Waals surface area contributed by atoms with Crippen molar-refractivity contribution in [3.8, 4) is 0 Å². The number of hydrogen-bond acceptors (Lipinski definition) is 3. The second-order valence-corrected chi connectivity index (χ2v) is 2.98. The largest absolute Gasteiger partial charge is 0.325 e. The van der Waals surface area contributed by atoms with Crippen LogP contribution in [0.25, 0.3) is 10.9 Å². The Morgan fingerprint density at radius 1 is 1.23 bits per heavy atom. The lowest BCUT2D eigenvalue weighted by Gasteiger charge is -2.04. The number of nitrogens with two attached hydrogens (primary N) is 1. The Bertz CT molecular complexity index is 432. The zero-order chi connectivity index (χ0) is 9.26. The first-order valence-corrected chi connectivity index (χ1v) is 4.22. The van der Waals surface area contributed by atoms with Crippen LogP contribution in [-0.4, -0.2) is 9.97 Å². The van der Waals surface area contributed by atoms with Crippen LogP contribution in [0.3, 0.4) is 0 Å². The summed E-state index contributed by atoms with van der Waals surface area (Å²) >= 11 is 0. The van der Waals surface area contributed by atoms with Crippen molar-refractivity contribution >= 4 is 10.9 Å². The van der Waals surface area contributed by atoms with E-state index in [9.17, 15) is 0 Å². The molecule has 66 valence electrons. The van der Waals surface area contributed by atoms with Gasteiger partial charge in [-0.15, -0.1) is 0 Å². The van der Waals surface area contributed by atoms with Crippen LogP contribution in [0.1, 0.15) is 11.3 Å². The molecule has 0 saturated carbocycles. The maximum Gasteiger partial charge on any atom is 0.0738 e. The van der Waals surface area contributed by atoms with E-state index in [0.717, 1.165) is 16.6 Å². The topological polar surface area (TPSA) is 51.8 Å². The molecule has 0 bridgehead atoms. The summed E-state index contributed by atoms with van der Waals surface area (Å²) in [5, 5.41) is 1.09. The normalized spacial score (nSPS) is 10.6. The van der Waals surface area contributed by atoms with Crippen molar-refractivity contribution in [3.63, 3.8) is 0 Å². The van der Waals surface area contributed by atoms with Gasteiger partial charge < -0.3 is 5.73 Å². The number of nitrogens with zero attached hydrogens (tertiary/aromatic N) is 2.